The van der Waals surface area contributed by atoms with Gasteiger partial charge in [0.1, 0.15) is 17.2 Å². The molecule has 0 spiro atoms. The Balaban J connectivity index is 1.47. The van der Waals surface area contributed by atoms with Crippen molar-refractivity contribution in [1.82, 2.24) is 19.8 Å². The third kappa shape index (κ3) is 6.92. The molecule has 1 saturated carbocycles. The molecule has 13 heteroatoms. The lowest BCUT2D eigenvalue weighted by Gasteiger charge is -2.39. The number of rotatable bonds is 10. The second-order valence-electron chi connectivity index (χ2n) is 11.1. The average Bonchev–Trinajstić information content (AvgIpc) is 3.78. The molecule has 1 saturated heterocycles. The molecule has 3 aromatic rings. The van der Waals surface area contributed by atoms with Crippen molar-refractivity contribution in [3.63, 3.8) is 0 Å². The summed E-state index contributed by atoms with van der Waals surface area (Å²) in [7, 11) is 3.15. The number of benzene rings is 1. The summed E-state index contributed by atoms with van der Waals surface area (Å²) in [5.74, 6) is -5.22. The summed E-state index contributed by atoms with van der Waals surface area (Å²) in [6, 6.07) is 6.77. The molecule has 1 aliphatic carbocycles. The van der Waals surface area contributed by atoms with Crippen LogP contribution in [0.15, 0.2) is 41.3 Å². The number of hydrogen-bond acceptors (Lipinski definition) is 6. The number of amides is 2. The van der Waals surface area contributed by atoms with Crippen LogP contribution < -0.4 is 16.2 Å². The third-order valence-electron chi connectivity index (χ3n) is 7.44. The Morgan fingerprint density at radius 1 is 1.16 bits per heavy atom. The van der Waals surface area contributed by atoms with Crippen molar-refractivity contribution in [2.45, 2.75) is 44.3 Å². The maximum Gasteiger partial charge on any atom is 0.282 e. The number of pyridine rings is 2. The van der Waals surface area contributed by atoms with Crippen LogP contribution in [0.1, 0.15) is 57.7 Å². The number of anilines is 1. The Morgan fingerprint density at radius 2 is 1.88 bits per heavy atom. The Labute approximate surface area is 251 Å². The van der Waals surface area contributed by atoms with Crippen LogP contribution >= 0.6 is 11.6 Å². The SMILES string of the molecule is CO[C@@H](C)CNCc1cc(C(=O)Nc2cc(-c3c(F)cc(Cl)cc3C(=O)N3CC(F)(F)C3)cc(C3CC3)n2)c(=O)n(C)c1. The van der Waals surface area contributed by atoms with Gasteiger partial charge in [0.25, 0.3) is 23.3 Å². The van der Waals surface area contributed by atoms with Crippen molar-refractivity contribution in [3.8, 4) is 11.1 Å². The number of nitrogens with zero attached hydrogens (tertiary/aromatic N) is 3. The van der Waals surface area contributed by atoms with Gasteiger partial charge in [-0.25, -0.2) is 18.2 Å². The zero-order chi connectivity index (χ0) is 31.1. The number of ether oxygens (including phenoxy) is 1. The minimum atomic E-state index is -3.01. The fourth-order valence-corrected chi connectivity index (χ4v) is 5.14. The minimum Gasteiger partial charge on any atom is -0.380 e. The number of halogens is 4. The second kappa shape index (κ2) is 12.1. The highest BCUT2D eigenvalue weighted by atomic mass is 35.5. The predicted molar refractivity (Wildman–Crippen MR) is 155 cm³/mol. The van der Waals surface area contributed by atoms with Crippen LogP contribution in [0.3, 0.4) is 0 Å². The molecular weight excluding hydrogens is 587 g/mol. The first-order chi connectivity index (χ1) is 20.3. The molecule has 1 aliphatic heterocycles. The predicted octanol–water partition coefficient (Wildman–Crippen LogP) is 4.59. The summed E-state index contributed by atoms with van der Waals surface area (Å²) in [5.41, 5.74) is 0.520. The molecule has 2 aliphatic rings. The largest absolute Gasteiger partial charge is 0.380 e. The molecule has 0 unspecified atom stereocenters. The first-order valence-corrected chi connectivity index (χ1v) is 14.2. The number of likely N-dealkylation sites (tertiary alicyclic amines) is 1. The zero-order valence-corrected chi connectivity index (χ0v) is 24.6. The van der Waals surface area contributed by atoms with E-state index in [0.29, 0.717) is 24.3 Å². The normalized spacial score (nSPS) is 16.5. The van der Waals surface area contributed by atoms with Gasteiger partial charge in [-0.15, -0.1) is 0 Å². The summed E-state index contributed by atoms with van der Waals surface area (Å²) in [6.07, 6.45) is 3.27. The maximum atomic E-state index is 15.4. The van der Waals surface area contributed by atoms with Crippen LogP contribution in [0, 0.1) is 5.82 Å². The van der Waals surface area contributed by atoms with Gasteiger partial charge in [-0.3, -0.25) is 14.4 Å². The van der Waals surface area contributed by atoms with Crippen LogP contribution in [0.4, 0.5) is 19.0 Å². The smallest absolute Gasteiger partial charge is 0.282 e. The Kier molecular flexibility index (Phi) is 8.64. The van der Waals surface area contributed by atoms with Gasteiger partial charge >= 0.3 is 0 Å². The number of aryl methyl sites for hydroxylation is 1. The molecule has 2 aromatic heterocycles. The molecule has 43 heavy (non-hydrogen) atoms. The average molecular weight is 618 g/mol. The molecule has 228 valence electrons. The van der Waals surface area contributed by atoms with E-state index in [-0.39, 0.29) is 45.1 Å². The van der Waals surface area contributed by atoms with E-state index in [0.717, 1.165) is 23.8 Å². The van der Waals surface area contributed by atoms with Crippen LogP contribution in [0.2, 0.25) is 5.02 Å². The van der Waals surface area contributed by atoms with Gasteiger partial charge < -0.3 is 24.8 Å². The number of hydrogen-bond donors (Lipinski definition) is 2. The van der Waals surface area contributed by atoms with Crippen LogP contribution in [-0.4, -0.2) is 65.0 Å². The second-order valence-corrected chi connectivity index (χ2v) is 11.5. The summed E-state index contributed by atoms with van der Waals surface area (Å²) >= 11 is 6.06. The molecule has 5 rings (SSSR count). The van der Waals surface area contributed by atoms with E-state index in [1.165, 1.54) is 22.8 Å². The van der Waals surface area contributed by atoms with Crippen molar-refractivity contribution in [3.05, 3.63) is 80.1 Å². The monoisotopic (exact) mass is 617 g/mol. The number of carbonyl (C=O) groups is 2. The zero-order valence-electron chi connectivity index (χ0n) is 23.8. The van der Waals surface area contributed by atoms with Crippen molar-refractivity contribution in [2.24, 2.45) is 7.05 Å². The fourth-order valence-electron chi connectivity index (χ4n) is 4.94. The Hall–Kier alpha value is -3.74. The molecule has 2 N–H and O–H groups in total. The van der Waals surface area contributed by atoms with Crippen molar-refractivity contribution in [2.75, 3.05) is 32.1 Å². The molecule has 3 heterocycles. The van der Waals surface area contributed by atoms with E-state index in [2.05, 4.69) is 15.6 Å². The highest BCUT2D eigenvalue weighted by Gasteiger charge is 2.47. The number of alkyl halides is 2. The van der Waals surface area contributed by atoms with Gasteiger partial charge in [0, 0.05) is 55.6 Å². The summed E-state index contributed by atoms with van der Waals surface area (Å²) in [4.78, 5) is 44.9. The fraction of sp³-hybridized carbons (Fsp3) is 0.400. The van der Waals surface area contributed by atoms with Crippen LogP contribution in [0.25, 0.3) is 11.1 Å². The number of nitrogens with one attached hydrogen (secondary N) is 2. The van der Waals surface area contributed by atoms with E-state index in [9.17, 15) is 23.2 Å². The molecule has 0 radical (unpaired) electrons. The Morgan fingerprint density at radius 3 is 2.53 bits per heavy atom. The number of aromatic nitrogens is 2. The number of carbonyl (C=O) groups excluding carboxylic acids is 2. The Bertz CT molecular complexity index is 1630. The van der Waals surface area contributed by atoms with Crippen LogP contribution in [-0.2, 0) is 18.3 Å². The molecule has 1 aromatic carbocycles. The van der Waals surface area contributed by atoms with Gasteiger partial charge in [-0.05, 0) is 61.2 Å². The summed E-state index contributed by atoms with van der Waals surface area (Å²) in [5, 5.41) is 5.80. The van der Waals surface area contributed by atoms with Crippen molar-refractivity contribution < 1.29 is 27.5 Å². The topological polar surface area (TPSA) is 106 Å². The van der Waals surface area contributed by atoms with Crippen molar-refractivity contribution in [1.29, 1.82) is 0 Å². The van der Waals surface area contributed by atoms with Crippen molar-refractivity contribution >= 4 is 29.2 Å². The maximum absolute atomic E-state index is 15.4. The van der Waals surface area contributed by atoms with Gasteiger partial charge in [0.15, 0.2) is 0 Å². The lowest BCUT2D eigenvalue weighted by atomic mass is 9.96. The van der Waals surface area contributed by atoms with Gasteiger partial charge in [-0.2, -0.15) is 0 Å². The lowest BCUT2D eigenvalue weighted by Crippen LogP contribution is -2.58. The van der Waals surface area contributed by atoms with E-state index < -0.39 is 42.2 Å². The van der Waals surface area contributed by atoms with Crippen LogP contribution in [0.5, 0.6) is 0 Å². The van der Waals surface area contributed by atoms with Gasteiger partial charge in [-0.1, -0.05) is 11.6 Å². The molecule has 0 bridgehead atoms. The lowest BCUT2D eigenvalue weighted by molar-refractivity contribution is -0.113. The number of methoxy groups -OCH3 is 1. The molecular formula is C30H31ClF3N5O4. The summed E-state index contributed by atoms with van der Waals surface area (Å²) < 4.78 is 49.0. The van der Waals surface area contributed by atoms with Gasteiger partial charge in [0.2, 0.25) is 0 Å². The highest BCUT2D eigenvalue weighted by molar-refractivity contribution is 6.31. The third-order valence-corrected chi connectivity index (χ3v) is 7.65. The first-order valence-electron chi connectivity index (χ1n) is 13.8. The minimum absolute atomic E-state index is 0.0255. The van der Waals surface area contributed by atoms with E-state index in [1.807, 2.05) is 6.92 Å². The first kappa shape index (κ1) is 30.7. The molecule has 2 amide bonds. The highest BCUT2D eigenvalue weighted by Crippen LogP contribution is 2.42. The standard InChI is InChI=1S/C30H31ClF3N5O4/c1-16(43-3)11-35-12-17-6-22(28(41)38(2)13-17)27(40)37-25-8-19(7-24(36-25)18-4-5-18)26-21(9-20(31)10-23(26)32)29(42)39-14-30(33,34)15-39/h6-10,13,16,18,35H,4-5,11-12,14-15H2,1-3H3,(H,36,37,40)/t16-/m0/s1. The van der Waals surface area contributed by atoms with E-state index in [1.54, 1.807) is 26.4 Å². The van der Waals surface area contributed by atoms with Gasteiger partial charge in [0.05, 0.1) is 24.8 Å². The molecule has 2 fully saturated rings. The molecule has 9 nitrogen and oxygen atoms in total. The summed E-state index contributed by atoms with van der Waals surface area (Å²) in [6.45, 7) is 1.30. The van der Waals surface area contributed by atoms with E-state index >= 15 is 4.39 Å². The molecule has 1 atom stereocenters. The quantitative estimate of drug-likeness (QED) is 0.345. The van der Waals surface area contributed by atoms with E-state index in [4.69, 9.17) is 16.3 Å².